The molecule has 0 aromatic carbocycles. The molecule has 1 heterocycles. The van der Waals surface area contributed by atoms with Crippen LogP contribution in [0.5, 0.6) is 0 Å². The van der Waals surface area contributed by atoms with Gasteiger partial charge in [0.2, 0.25) is 5.91 Å². The Hall–Kier alpha value is -1.62. The van der Waals surface area contributed by atoms with Gasteiger partial charge in [-0.05, 0) is 43.9 Å². The number of anilines is 1. The molecular weight excluding hydrogens is 264 g/mol. The van der Waals surface area contributed by atoms with Gasteiger partial charge in [-0.2, -0.15) is 0 Å². The minimum absolute atomic E-state index is 0.0949. The van der Waals surface area contributed by atoms with Gasteiger partial charge in [-0.15, -0.1) is 0 Å². The van der Waals surface area contributed by atoms with Crippen molar-refractivity contribution in [3.05, 3.63) is 23.4 Å². The van der Waals surface area contributed by atoms with Crippen LogP contribution in [0.15, 0.2) is 12.3 Å². The van der Waals surface area contributed by atoms with Crippen LogP contribution in [0.3, 0.4) is 0 Å². The van der Waals surface area contributed by atoms with Crippen LogP contribution >= 0.6 is 0 Å². The highest BCUT2D eigenvalue weighted by atomic mass is 16.2. The molecule has 1 aliphatic carbocycles. The van der Waals surface area contributed by atoms with E-state index < -0.39 is 0 Å². The van der Waals surface area contributed by atoms with Gasteiger partial charge in [0.25, 0.3) is 0 Å². The molecule has 1 aromatic heterocycles. The second-order valence-corrected chi connectivity index (χ2v) is 5.94. The summed E-state index contributed by atoms with van der Waals surface area (Å²) < 4.78 is 0. The minimum Gasteiger partial charge on any atom is -0.347 e. The van der Waals surface area contributed by atoms with E-state index >= 15 is 0 Å². The highest BCUT2D eigenvalue weighted by Gasteiger charge is 2.20. The van der Waals surface area contributed by atoms with Gasteiger partial charge in [-0.1, -0.05) is 0 Å². The van der Waals surface area contributed by atoms with Crippen LogP contribution < -0.4 is 10.2 Å². The monoisotopic (exact) mass is 290 g/mol. The second-order valence-electron chi connectivity index (χ2n) is 5.94. The number of hydrogen-bond donors (Lipinski definition) is 1. The first-order valence-electron chi connectivity index (χ1n) is 7.65. The number of aryl methyl sites for hydroxylation is 1. The van der Waals surface area contributed by atoms with Gasteiger partial charge in [0.15, 0.2) is 0 Å². The van der Waals surface area contributed by atoms with Gasteiger partial charge in [0.05, 0.1) is 6.54 Å². The molecule has 1 aliphatic rings. The van der Waals surface area contributed by atoms with E-state index in [1.54, 1.807) is 19.0 Å². The highest BCUT2D eigenvalue weighted by molar-refractivity contribution is 5.80. The van der Waals surface area contributed by atoms with Crippen LogP contribution in [-0.2, 0) is 11.3 Å². The van der Waals surface area contributed by atoms with Crippen molar-refractivity contribution in [1.82, 2.24) is 15.2 Å². The van der Waals surface area contributed by atoms with Crippen molar-refractivity contribution >= 4 is 11.7 Å². The summed E-state index contributed by atoms with van der Waals surface area (Å²) in [5.74, 6) is 1.00. The summed E-state index contributed by atoms with van der Waals surface area (Å²) >= 11 is 0. The summed E-state index contributed by atoms with van der Waals surface area (Å²) in [5, 5.41) is 3.50. The maximum absolute atomic E-state index is 11.9. The van der Waals surface area contributed by atoms with Crippen LogP contribution in [0.1, 0.15) is 30.9 Å². The largest absolute Gasteiger partial charge is 0.347 e. The number of carbonyl (C=O) groups excluding carboxylic acids is 1. The minimum atomic E-state index is 0.0949. The molecule has 0 bridgehead atoms. The molecule has 0 spiro atoms. The Kier molecular flexibility index (Phi) is 5.17. The molecule has 1 amide bonds. The lowest BCUT2D eigenvalue weighted by Crippen LogP contribution is -2.37. The molecule has 0 aliphatic heterocycles. The van der Waals surface area contributed by atoms with Crippen molar-refractivity contribution in [2.24, 2.45) is 0 Å². The fraction of sp³-hybridized carbons (Fsp3) is 0.625. The van der Waals surface area contributed by atoms with Crippen molar-refractivity contribution in [3.63, 3.8) is 0 Å². The molecule has 0 saturated heterocycles. The first-order valence-corrected chi connectivity index (χ1v) is 7.65. The number of rotatable bonds is 7. The Balaban J connectivity index is 2.04. The van der Waals surface area contributed by atoms with Crippen molar-refractivity contribution in [2.75, 3.05) is 32.1 Å². The Labute approximate surface area is 127 Å². The Bertz CT molecular complexity index is 497. The standard InChI is InChI=1S/C16H26N4O/c1-5-20(11-15(21)19(3)4)16-12(2)8-13(10-18-16)9-17-14-6-7-14/h8,10,14,17H,5-7,9,11H2,1-4H3. The predicted octanol–water partition coefficient (Wildman–Crippen LogP) is 1.56. The van der Waals surface area contributed by atoms with Crippen LogP contribution in [0.2, 0.25) is 0 Å². The summed E-state index contributed by atoms with van der Waals surface area (Å²) in [5.41, 5.74) is 2.33. The summed E-state index contributed by atoms with van der Waals surface area (Å²) in [6, 6.07) is 2.87. The van der Waals surface area contributed by atoms with Crippen molar-refractivity contribution in [1.29, 1.82) is 0 Å². The SMILES string of the molecule is CCN(CC(=O)N(C)C)c1ncc(CNC2CC2)cc1C. The van der Waals surface area contributed by atoms with Crippen molar-refractivity contribution in [3.8, 4) is 0 Å². The number of carbonyl (C=O) groups is 1. The number of amides is 1. The summed E-state index contributed by atoms with van der Waals surface area (Å²) in [4.78, 5) is 20.1. The molecular formula is C16H26N4O. The Morgan fingerprint density at radius 2 is 2.14 bits per heavy atom. The predicted molar refractivity (Wildman–Crippen MR) is 85.4 cm³/mol. The van der Waals surface area contributed by atoms with Crippen LogP contribution in [0.4, 0.5) is 5.82 Å². The smallest absolute Gasteiger partial charge is 0.241 e. The van der Waals surface area contributed by atoms with Crippen LogP contribution in [-0.4, -0.2) is 49.0 Å². The van der Waals surface area contributed by atoms with E-state index in [-0.39, 0.29) is 5.91 Å². The quantitative estimate of drug-likeness (QED) is 0.828. The van der Waals surface area contributed by atoms with Crippen LogP contribution in [0, 0.1) is 6.92 Å². The summed E-state index contributed by atoms with van der Waals surface area (Å²) in [7, 11) is 3.56. The molecule has 5 heteroatoms. The summed E-state index contributed by atoms with van der Waals surface area (Å²) in [6.45, 7) is 6.13. The number of nitrogens with zero attached hydrogens (tertiary/aromatic N) is 3. The van der Waals surface area contributed by atoms with E-state index in [2.05, 4.69) is 23.3 Å². The fourth-order valence-corrected chi connectivity index (χ4v) is 2.24. The molecule has 1 fully saturated rings. The van der Waals surface area contributed by atoms with E-state index in [1.165, 1.54) is 18.4 Å². The maximum atomic E-state index is 11.9. The van der Waals surface area contributed by atoms with E-state index in [1.807, 2.05) is 18.0 Å². The van der Waals surface area contributed by atoms with Gasteiger partial charge in [0, 0.05) is 39.4 Å². The van der Waals surface area contributed by atoms with Gasteiger partial charge in [0.1, 0.15) is 5.82 Å². The molecule has 116 valence electrons. The number of aromatic nitrogens is 1. The van der Waals surface area contributed by atoms with E-state index in [9.17, 15) is 4.79 Å². The molecule has 0 unspecified atom stereocenters. The molecule has 21 heavy (non-hydrogen) atoms. The number of nitrogens with one attached hydrogen (secondary N) is 1. The maximum Gasteiger partial charge on any atom is 0.241 e. The number of likely N-dealkylation sites (N-methyl/N-ethyl adjacent to an activating group) is 2. The average Bonchev–Trinajstić information content (AvgIpc) is 3.27. The molecule has 1 aromatic rings. The lowest BCUT2D eigenvalue weighted by atomic mass is 10.2. The number of hydrogen-bond acceptors (Lipinski definition) is 4. The fourth-order valence-electron chi connectivity index (χ4n) is 2.24. The lowest BCUT2D eigenvalue weighted by Gasteiger charge is -2.25. The third-order valence-corrected chi connectivity index (χ3v) is 3.79. The zero-order valence-electron chi connectivity index (χ0n) is 13.5. The third-order valence-electron chi connectivity index (χ3n) is 3.79. The normalized spacial score (nSPS) is 14.1. The van der Waals surface area contributed by atoms with Gasteiger partial charge >= 0.3 is 0 Å². The molecule has 0 radical (unpaired) electrons. The second kappa shape index (κ2) is 6.89. The third kappa shape index (κ3) is 4.43. The van der Waals surface area contributed by atoms with E-state index in [0.29, 0.717) is 12.6 Å². The molecule has 1 N–H and O–H groups in total. The molecule has 0 atom stereocenters. The van der Waals surface area contributed by atoms with Gasteiger partial charge < -0.3 is 15.1 Å². The average molecular weight is 290 g/mol. The topological polar surface area (TPSA) is 48.5 Å². The molecule has 2 rings (SSSR count). The first kappa shape index (κ1) is 15.8. The Morgan fingerprint density at radius 1 is 1.43 bits per heavy atom. The molecule has 1 saturated carbocycles. The van der Waals surface area contributed by atoms with Gasteiger partial charge in [-0.3, -0.25) is 4.79 Å². The highest BCUT2D eigenvalue weighted by Crippen LogP contribution is 2.21. The van der Waals surface area contributed by atoms with Crippen molar-refractivity contribution in [2.45, 2.75) is 39.3 Å². The van der Waals surface area contributed by atoms with E-state index in [4.69, 9.17) is 0 Å². The van der Waals surface area contributed by atoms with Crippen molar-refractivity contribution < 1.29 is 4.79 Å². The molecule has 5 nitrogen and oxygen atoms in total. The Morgan fingerprint density at radius 3 is 2.67 bits per heavy atom. The number of pyridine rings is 1. The summed E-state index contributed by atoms with van der Waals surface area (Å²) in [6.07, 6.45) is 4.50. The zero-order chi connectivity index (χ0) is 15.4. The van der Waals surface area contributed by atoms with E-state index in [0.717, 1.165) is 24.5 Å². The zero-order valence-corrected chi connectivity index (χ0v) is 13.5. The van der Waals surface area contributed by atoms with Gasteiger partial charge in [-0.25, -0.2) is 4.98 Å². The van der Waals surface area contributed by atoms with Crippen LogP contribution in [0.25, 0.3) is 0 Å². The lowest BCUT2D eigenvalue weighted by molar-refractivity contribution is -0.127. The first-order chi connectivity index (χ1) is 10.0.